The van der Waals surface area contributed by atoms with Gasteiger partial charge >= 0.3 is 0 Å². The van der Waals surface area contributed by atoms with E-state index in [0.29, 0.717) is 11.5 Å². The molecule has 0 saturated carbocycles. The molecule has 0 amide bonds. The van der Waals surface area contributed by atoms with Crippen molar-refractivity contribution in [1.82, 2.24) is 15.0 Å². The quantitative estimate of drug-likeness (QED) is 0.750. The van der Waals surface area contributed by atoms with E-state index in [1.54, 1.807) is 13.2 Å². The third-order valence-electron chi connectivity index (χ3n) is 2.95. The zero-order valence-corrected chi connectivity index (χ0v) is 10.6. The van der Waals surface area contributed by atoms with Crippen LogP contribution in [0.25, 0.3) is 11.2 Å². The van der Waals surface area contributed by atoms with Crippen LogP contribution in [0.3, 0.4) is 0 Å². The first-order chi connectivity index (χ1) is 9.24. The minimum absolute atomic E-state index is 0.481. The van der Waals surface area contributed by atoms with Gasteiger partial charge < -0.3 is 15.5 Å². The number of nitrogens with one attached hydrogen (secondary N) is 1. The average molecular weight is 254 g/mol. The van der Waals surface area contributed by atoms with Gasteiger partial charge in [-0.3, -0.25) is 0 Å². The monoisotopic (exact) mass is 254 g/mol. The molecule has 3 N–H and O–H groups in total. The summed E-state index contributed by atoms with van der Waals surface area (Å²) in [6.07, 6.45) is 0.722. The van der Waals surface area contributed by atoms with Gasteiger partial charge in [-0.05, 0) is 29.8 Å². The molecule has 5 heteroatoms. The van der Waals surface area contributed by atoms with Gasteiger partial charge in [-0.1, -0.05) is 12.1 Å². The molecule has 0 unspecified atom stereocenters. The van der Waals surface area contributed by atoms with Crippen LogP contribution in [0, 0.1) is 0 Å². The van der Waals surface area contributed by atoms with Gasteiger partial charge in [0.1, 0.15) is 17.4 Å². The fraction of sp³-hybridized carbons (Fsp3) is 0.143. The molecule has 3 aromatic rings. The summed E-state index contributed by atoms with van der Waals surface area (Å²) in [5, 5.41) is 0. The standard InChI is InChI=1S/C14H14N4O/c1-19-10-4-2-9(3-5-10)8-13-16-11-6-7-12(15)17-14(11)18-13/h2-7H,8H2,1H3,(H3,15,16,17,18). The van der Waals surface area contributed by atoms with Crippen molar-refractivity contribution in [1.29, 1.82) is 0 Å². The summed E-state index contributed by atoms with van der Waals surface area (Å²) in [4.78, 5) is 11.9. The average Bonchev–Trinajstić information content (AvgIpc) is 2.81. The molecule has 0 spiro atoms. The van der Waals surface area contributed by atoms with E-state index in [4.69, 9.17) is 10.5 Å². The second-order valence-electron chi connectivity index (χ2n) is 4.32. The van der Waals surface area contributed by atoms with Gasteiger partial charge in [0.05, 0.1) is 12.6 Å². The highest BCUT2D eigenvalue weighted by atomic mass is 16.5. The number of nitrogens with two attached hydrogens (primary N) is 1. The van der Waals surface area contributed by atoms with E-state index >= 15 is 0 Å². The Balaban J connectivity index is 1.87. The van der Waals surface area contributed by atoms with E-state index < -0.39 is 0 Å². The Morgan fingerprint density at radius 1 is 1.11 bits per heavy atom. The van der Waals surface area contributed by atoms with Crippen LogP contribution in [-0.2, 0) is 6.42 Å². The number of hydrogen-bond acceptors (Lipinski definition) is 4. The zero-order valence-electron chi connectivity index (χ0n) is 10.6. The summed E-state index contributed by atoms with van der Waals surface area (Å²) in [5.41, 5.74) is 8.36. The number of ether oxygens (including phenoxy) is 1. The van der Waals surface area contributed by atoms with Gasteiger partial charge in [0.2, 0.25) is 0 Å². The maximum Gasteiger partial charge on any atom is 0.179 e. The number of nitrogens with zero attached hydrogens (tertiary/aromatic N) is 2. The van der Waals surface area contributed by atoms with Crippen molar-refractivity contribution in [2.45, 2.75) is 6.42 Å². The molecule has 0 saturated heterocycles. The van der Waals surface area contributed by atoms with E-state index in [0.717, 1.165) is 29.1 Å². The Kier molecular flexibility index (Phi) is 2.79. The number of aromatic nitrogens is 3. The summed E-state index contributed by atoms with van der Waals surface area (Å²) >= 11 is 0. The van der Waals surface area contributed by atoms with Crippen LogP contribution in [0.5, 0.6) is 5.75 Å². The zero-order chi connectivity index (χ0) is 13.2. The molecule has 19 heavy (non-hydrogen) atoms. The smallest absolute Gasteiger partial charge is 0.179 e. The maximum absolute atomic E-state index is 5.64. The molecule has 3 rings (SSSR count). The Bertz CT molecular complexity index is 703. The maximum atomic E-state index is 5.64. The second kappa shape index (κ2) is 4.61. The van der Waals surface area contributed by atoms with Crippen molar-refractivity contribution in [3.63, 3.8) is 0 Å². The SMILES string of the molecule is COc1ccc(Cc2nc3nc(N)ccc3[nH]2)cc1. The van der Waals surface area contributed by atoms with Gasteiger partial charge in [0, 0.05) is 6.42 Å². The molecule has 0 fully saturated rings. The van der Waals surface area contributed by atoms with E-state index in [-0.39, 0.29) is 0 Å². The van der Waals surface area contributed by atoms with E-state index in [9.17, 15) is 0 Å². The van der Waals surface area contributed by atoms with E-state index in [1.807, 2.05) is 30.3 Å². The van der Waals surface area contributed by atoms with Gasteiger partial charge in [0.25, 0.3) is 0 Å². The lowest BCUT2D eigenvalue weighted by molar-refractivity contribution is 0.414. The van der Waals surface area contributed by atoms with Gasteiger partial charge in [-0.25, -0.2) is 9.97 Å². The van der Waals surface area contributed by atoms with Crippen molar-refractivity contribution in [3.8, 4) is 5.75 Å². The van der Waals surface area contributed by atoms with Crippen LogP contribution in [0.15, 0.2) is 36.4 Å². The molecule has 2 aromatic heterocycles. The third kappa shape index (κ3) is 2.35. The number of imidazole rings is 1. The Hall–Kier alpha value is -2.56. The largest absolute Gasteiger partial charge is 0.497 e. The normalized spacial score (nSPS) is 10.8. The first-order valence-electron chi connectivity index (χ1n) is 5.98. The second-order valence-corrected chi connectivity index (χ2v) is 4.32. The summed E-state index contributed by atoms with van der Waals surface area (Å²) in [6, 6.07) is 11.6. The van der Waals surface area contributed by atoms with Crippen LogP contribution >= 0.6 is 0 Å². The summed E-state index contributed by atoms with van der Waals surface area (Å²) in [6.45, 7) is 0. The number of nitrogen functional groups attached to an aromatic ring is 1. The molecule has 96 valence electrons. The van der Waals surface area contributed by atoms with Crippen molar-refractivity contribution in [2.75, 3.05) is 12.8 Å². The van der Waals surface area contributed by atoms with Crippen molar-refractivity contribution >= 4 is 17.0 Å². The third-order valence-corrected chi connectivity index (χ3v) is 2.95. The summed E-state index contributed by atoms with van der Waals surface area (Å²) < 4.78 is 5.13. The molecular formula is C14H14N4O. The fourth-order valence-corrected chi connectivity index (χ4v) is 1.98. The molecule has 5 nitrogen and oxygen atoms in total. The first kappa shape index (κ1) is 11.5. The highest BCUT2D eigenvalue weighted by molar-refractivity contribution is 5.72. The lowest BCUT2D eigenvalue weighted by Gasteiger charge is -2.01. The number of rotatable bonds is 3. The molecule has 0 aliphatic rings. The number of pyridine rings is 1. The minimum Gasteiger partial charge on any atom is -0.497 e. The molecule has 0 bridgehead atoms. The van der Waals surface area contributed by atoms with Crippen LogP contribution in [0.2, 0.25) is 0 Å². The van der Waals surface area contributed by atoms with E-state index in [1.165, 1.54) is 0 Å². The van der Waals surface area contributed by atoms with Gasteiger partial charge in [-0.15, -0.1) is 0 Å². The van der Waals surface area contributed by atoms with Crippen LogP contribution < -0.4 is 10.5 Å². The highest BCUT2D eigenvalue weighted by Crippen LogP contribution is 2.16. The lowest BCUT2D eigenvalue weighted by atomic mass is 10.1. The fourth-order valence-electron chi connectivity index (χ4n) is 1.98. The predicted octanol–water partition coefficient (Wildman–Crippen LogP) is 2.14. The molecule has 0 radical (unpaired) electrons. The number of fused-ring (bicyclic) bond motifs is 1. The number of hydrogen-bond donors (Lipinski definition) is 2. The van der Waals surface area contributed by atoms with Gasteiger partial charge in [0.15, 0.2) is 5.65 Å². The van der Waals surface area contributed by atoms with Crippen LogP contribution in [-0.4, -0.2) is 22.1 Å². The molecule has 2 heterocycles. The molecule has 0 aliphatic carbocycles. The number of H-pyrrole nitrogens is 1. The van der Waals surface area contributed by atoms with Gasteiger partial charge in [-0.2, -0.15) is 0 Å². The number of anilines is 1. The van der Waals surface area contributed by atoms with Crippen molar-refractivity contribution in [2.24, 2.45) is 0 Å². The van der Waals surface area contributed by atoms with Crippen molar-refractivity contribution < 1.29 is 4.74 Å². The lowest BCUT2D eigenvalue weighted by Crippen LogP contribution is -1.91. The van der Waals surface area contributed by atoms with Crippen LogP contribution in [0.1, 0.15) is 11.4 Å². The minimum atomic E-state index is 0.481. The van der Waals surface area contributed by atoms with E-state index in [2.05, 4.69) is 15.0 Å². The number of benzene rings is 1. The topological polar surface area (TPSA) is 76.8 Å². The van der Waals surface area contributed by atoms with Crippen molar-refractivity contribution in [3.05, 3.63) is 47.8 Å². The molecule has 1 aromatic carbocycles. The molecule has 0 atom stereocenters. The Morgan fingerprint density at radius 2 is 1.89 bits per heavy atom. The summed E-state index contributed by atoms with van der Waals surface area (Å²) in [5.74, 6) is 2.20. The molecule has 0 aliphatic heterocycles. The number of aromatic amines is 1. The Labute approximate surface area is 110 Å². The first-order valence-corrected chi connectivity index (χ1v) is 5.98. The predicted molar refractivity (Wildman–Crippen MR) is 74.1 cm³/mol. The number of methoxy groups -OCH3 is 1. The Morgan fingerprint density at radius 3 is 2.63 bits per heavy atom. The summed E-state index contributed by atoms with van der Waals surface area (Å²) in [7, 11) is 1.66. The highest BCUT2D eigenvalue weighted by Gasteiger charge is 2.05. The van der Waals surface area contributed by atoms with Crippen LogP contribution in [0.4, 0.5) is 5.82 Å². The molecular weight excluding hydrogens is 240 g/mol.